The topological polar surface area (TPSA) is 46.3 Å². The lowest BCUT2D eigenvalue weighted by molar-refractivity contribution is -0.131. The molecule has 0 unspecified atom stereocenters. The summed E-state index contributed by atoms with van der Waals surface area (Å²) >= 11 is 1.64. The Morgan fingerprint density at radius 3 is 3.20 bits per heavy atom. The Kier molecular flexibility index (Phi) is 3.38. The van der Waals surface area contributed by atoms with Crippen LogP contribution in [0.2, 0.25) is 0 Å². The zero-order chi connectivity index (χ0) is 10.7. The Labute approximate surface area is 93.9 Å². The zero-order valence-electron chi connectivity index (χ0n) is 8.69. The number of nitrogens with two attached hydrogens (primary N) is 1. The molecule has 0 aliphatic carbocycles. The summed E-state index contributed by atoms with van der Waals surface area (Å²) in [6.45, 7) is 1.60. The van der Waals surface area contributed by atoms with Gasteiger partial charge in [0, 0.05) is 24.0 Å². The van der Waals surface area contributed by atoms with Crippen LogP contribution in [0.1, 0.15) is 17.7 Å². The van der Waals surface area contributed by atoms with Crippen molar-refractivity contribution in [2.75, 3.05) is 13.1 Å². The summed E-state index contributed by atoms with van der Waals surface area (Å²) < 4.78 is 0. The van der Waals surface area contributed by atoms with Gasteiger partial charge in [0.2, 0.25) is 5.91 Å². The van der Waals surface area contributed by atoms with Gasteiger partial charge in [0.25, 0.3) is 0 Å². The molecule has 0 saturated carbocycles. The number of thiophene rings is 1. The molecule has 1 amide bonds. The number of rotatable bonds is 2. The number of hydrogen-bond acceptors (Lipinski definition) is 3. The van der Waals surface area contributed by atoms with Crippen LogP contribution >= 0.6 is 11.3 Å². The monoisotopic (exact) mass is 224 g/mol. The standard InChI is InChI=1S/C11H16N2OS/c12-9-3-1-5-13(8-9)11(14)7-10-4-2-6-15-10/h2,4,6,9H,1,3,5,7-8,12H2/t9-/m0/s1. The van der Waals surface area contributed by atoms with Crippen LogP contribution in [0.25, 0.3) is 0 Å². The van der Waals surface area contributed by atoms with Gasteiger partial charge in [-0.15, -0.1) is 11.3 Å². The molecule has 2 N–H and O–H groups in total. The molecular formula is C11H16N2OS. The zero-order valence-corrected chi connectivity index (χ0v) is 9.50. The highest BCUT2D eigenvalue weighted by Crippen LogP contribution is 2.13. The van der Waals surface area contributed by atoms with Crippen molar-refractivity contribution in [1.82, 2.24) is 4.90 Å². The largest absolute Gasteiger partial charge is 0.341 e. The number of amides is 1. The second-order valence-corrected chi connectivity index (χ2v) is 5.03. The first-order chi connectivity index (χ1) is 7.25. The van der Waals surface area contributed by atoms with Crippen LogP contribution in [0.5, 0.6) is 0 Å². The van der Waals surface area contributed by atoms with Crippen LogP contribution in [0.15, 0.2) is 17.5 Å². The summed E-state index contributed by atoms with van der Waals surface area (Å²) in [5, 5.41) is 2.00. The minimum Gasteiger partial charge on any atom is -0.341 e. The lowest BCUT2D eigenvalue weighted by atomic mass is 10.1. The van der Waals surface area contributed by atoms with E-state index in [-0.39, 0.29) is 11.9 Å². The van der Waals surface area contributed by atoms with E-state index in [4.69, 9.17) is 5.73 Å². The molecule has 1 aromatic heterocycles. The summed E-state index contributed by atoms with van der Waals surface area (Å²) in [6, 6.07) is 4.16. The van der Waals surface area contributed by atoms with E-state index in [9.17, 15) is 4.79 Å². The molecule has 2 heterocycles. The molecular weight excluding hydrogens is 208 g/mol. The normalized spacial score (nSPS) is 21.7. The SMILES string of the molecule is N[C@H]1CCCN(C(=O)Cc2cccs2)C1. The first kappa shape index (κ1) is 10.6. The minimum absolute atomic E-state index is 0.172. The summed E-state index contributed by atoms with van der Waals surface area (Å²) in [5.74, 6) is 0.215. The van der Waals surface area contributed by atoms with E-state index in [2.05, 4.69) is 0 Å². The lowest BCUT2D eigenvalue weighted by Crippen LogP contribution is -2.46. The smallest absolute Gasteiger partial charge is 0.227 e. The van der Waals surface area contributed by atoms with Crippen molar-refractivity contribution < 1.29 is 4.79 Å². The van der Waals surface area contributed by atoms with Crippen molar-refractivity contribution in [3.63, 3.8) is 0 Å². The van der Waals surface area contributed by atoms with Crippen LogP contribution in [0, 0.1) is 0 Å². The highest BCUT2D eigenvalue weighted by atomic mass is 32.1. The van der Waals surface area contributed by atoms with Crippen LogP contribution in [-0.4, -0.2) is 29.9 Å². The van der Waals surface area contributed by atoms with Gasteiger partial charge in [-0.05, 0) is 24.3 Å². The summed E-state index contributed by atoms with van der Waals surface area (Å²) in [6.07, 6.45) is 2.62. The van der Waals surface area contributed by atoms with E-state index in [1.807, 2.05) is 22.4 Å². The number of piperidine rings is 1. The van der Waals surface area contributed by atoms with Crippen molar-refractivity contribution in [3.05, 3.63) is 22.4 Å². The molecule has 0 aromatic carbocycles. The minimum atomic E-state index is 0.172. The van der Waals surface area contributed by atoms with Gasteiger partial charge in [-0.25, -0.2) is 0 Å². The molecule has 4 heteroatoms. The Morgan fingerprint density at radius 1 is 1.67 bits per heavy atom. The quantitative estimate of drug-likeness (QED) is 0.821. The summed E-state index contributed by atoms with van der Waals surface area (Å²) in [5.41, 5.74) is 5.85. The van der Waals surface area contributed by atoms with Gasteiger partial charge in [0.05, 0.1) is 6.42 Å². The van der Waals surface area contributed by atoms with Crippen molar-refractivity contribution in [2.45, 2.75) is 25.3 Å². The number of hydrogen-bond donors (Lipinski definition) is 1. The van der Waals surface area contributed by atoms with Gasteiger partial charge in [-0.1, -0.05) is 6.07 Å². The summed E-state index contributed by atoms with van der Waals surface area (Å²) in [7, 11) is 0. The van der Waals surface area contributed by atoms with Crippen molar-refractivity contribution in [3.8, 4) is 0 Å². The fraction of sp³-hybridized carbons (Fsp3) is 0.545. The van der Waals surface area contributed by atoms with Gasteiger partial charge in [0.15, 0.2) is 0 Å². The average Bonchev–Trinajstić information content (AvgIpc) is 2.70. The van der Waals surface area contributed by atoms with E-state index in [0.717, 1.165) is 30.8 Å². The Morgan fingerprint density at radius 2 is 2.53 bits per heavy atom. The maximum atomic E-state index is 11.9. The first-order valence-electron chi connectivity index (χ1n) is 5.31. The molecule has 1 atom stereocenters. The fourth-order valence-corrected chi connectivity index (χ4v) is 2.61. The molecule has 2 rings (SSSR count). The molecule has 1 aliphatic rings. The molecule has 1 aromatic rings. The maximum Gasteiger partial charge on any atom is 0.227 e. The molecule has 1 aliphatic heterocycles. The molecule has 15 heavy (non-hydrogen) atoms. The van der Waals surface area contributed by atoms with Crippen LogP contribution in [0.4, 0.5) is 0 Å². The van der Waals surface area contributed by atoms with Crippen LogP contribution < -0.4 is 5.73 Å². The van der Waals surface area contributed by atoms with Gasteiger partial charge in [-0.2, -0.15) is 0 Å². The lowest BCUT2D eigenvalue weighted by Gasteiger charge is -2.30. The van der Waals surface area contributed by atoms with Crippen molar-refractivity contribution in [2.24, 2.45) is 5.73 Å². The van der Waals surface area contributed by atoms with Crippen molar-refractivity contribution >= 4 is 17.2 Å². The molecule has 0 radical (unpaired) electrons. The number of likely N-dealkylation sites (tertiary alicyclic amines) is 1. The first-order valence-corrected chi connectivity index (χ1v) is 6.19. The predicted octanol–water partition coefficient (Wildman–Crippen LogP) is 1.24. The average molecular weight is 224 g/mol. The maximum absolute atomic E-state index is 11.9. The van der Waals surface area contributed by atoms with Gasteiger partial charge in [0.1, 0.15) is 0 Å². The number of carbonyl (C=O) groups excluding carboxylic acids is 1. The predicted molar refractivity (Wildman–Crippen MR) is 61.8 cm³/mol. The van der Waals surface area contributed by atoms with Crippen LogP contribution in [-0.2, 0) is 11.2 Å². The Balaban J connectivity index is 1.90. The third kappa shape index (κ3) is 2.79. The Bertz CT molecular complexity index is 323. The molecule has 82 valence electrons. The third-order valence-corrected chi connectivity index (χ3v) is 3.59. The highest BCUT2D eigenvalue weighted by Gasteiger charge is 2.21. The van der Waals surface area contributed by atoms with Crippen LogP contribution in [0.3, 0.4) is 0 Å². The number of carbonyl (C=O) groups is 1. The fourth-order valence-electron chi connectivity index (χ4n) is 1.91. The second kappa shape index (κ2) is 4.77. The van der Waals surface area contributed by atoms with E-state index in [1.54, 1.807) is 11.3 Å². The second-order valence-electron chi connectivity index (χ2n) is 4.00. The molecule has 3 nitrogen and oxygen atoms in total. The molecule has 1 fully saturated rings. The molecule has 0 spiro atoms. The third-order valence-electron chi connectivity index (χ3n) is 2.72. The van der Waals surface area contributed by atoms with E-state index in [1.165, 1.54) is 0 Å². The molecule has 0 bridgehead atoms. The summed E-state index contributed by atoms with van der Waals surface area (Å²) in [4.78, 5) is 14.9. The van der Waals surface area contributed by atoms with E-state index in [0.29, 0.717) is 6.42 Å². The van der Waals surface area contributed by atoms with Gasteiger partial charge >= 0.3 is 0 Å². The van der Waals surface area contributed by atoms with Crippen molar-refractivity contribution in [1.29, 1.82) is 0 Å². The Hall–Kier alpha value is -0.870. The number of nitrogens with zero attached hydrogens (tertiary/aromatic N) is 1. The van der Waals surface area contributed by atoms with E-state index < -0.39 is 0 Å². The highest BCUT2D eigenvalue weighted by molar-refractivity contribution is 7.10. The van der Waals surface area contributed by atoms with Gasteiger partial charge < -0.3 is 10.6 Å². The van der Waals surface area contributed by atoms with E-state index >= 15 is 0 Å². The molecule has 1 saturated heterocycles. The van der Waals surface area contributed by atoms with Gasteiger partial charge in [-0.3, -0.25) is 4.79 Å².